The summed E-state index contributed by atoms with van der Waals surface area (Å²) in [4.78, 5) is 10.8. The van der Waals surface area contributed by atoms with Crippen molar-refractivity contribution >= 4 is 17.4 Å². The number of hydrogen-bond acceptors (Lipinski definition) is 2. The van der Waals surface area contributed by atoms with Crippen LogP contribution >= 0.6 is 0 Å². The van der Waals surface area contributed by atoms with Gasteiger partial charge in [-0.1, -0.05) is 19.9 Å². The molecule has 1 aromatic carbocycles. The summed E-state index contributed by atoms with van der Waals surface area (Å²) in [7, 11) is 0. The molecule has 4 heteroatoms. The normalized spacial score (nSPS) is 26.7. The molecule has 0 aliphatic heterocycles. The molecule has 4 N–H and O–H groups in total. The lowest BCUT2D eigenvalue weighted by molar-refractivity contribution is 0.259. The molecule has 19 heavy (non-hydrogen) atoms. The molecule has 3 unspecified atom stereocenters. The average molecular weight is 261 g/mol. The number of amides is 2. The molecule has 0 radical (unpaired) electrons. The minimum Gasteiger partial charge on any atom is -0.382 e. The van der Waals surface area contributed by atoms with E-state index in [1.165, 1.54) is 19.3 Å². The Morgan fingerprint density at radius 3 is 2.68 bits per heavy atom. The van der Waals surface area contributed by atoms with E-state index in [-0.39, 0.29) is 0 Å². The van der Waals surface area contributed by atoms with Crippen LogP contribution in [0.1, 0.15) is 33.1 Å². The van der Waals surface area contributed by atoms with Gasteiger partial charge in [0.1, 0.15) is 0 Å². The smallest absolute Gasteiger partial charge is 0.316 e. The Hall–Kier alpha value is -1.71. The highest BCUT2D eigenvalue weighted by Gasteiger charge is 2.24. The van der Waals surface area contributed by atoms with Gasteiger partial charge in [0.25, 0.3) is 0 Å². The largest absolute Gasteiger partial charge is 0.382 e. The molecule has 0 aromatic heterocycles. The maximum Gasteiger partial charge on any atom is 0.316 e. The first kappa shape index (κ1) is 13.7. The molecule has 2 amide bonds. The van der Waals surface area contributed by atoms with Gasteiger partial charge in [0.2, 0.25) is 0 Å². The quantitative estimate of drug-likeness (QED) is 0.780. The molecule has 1 aliphatic carbocycles. The highest BCUT2D eigenvalue weighted by Crippen LogP contribution is 2.31. The molecule has 104 valence electrons. The van der Waals surface area contributed by atoms with Crippen LogP contribution < -0.4 is 16.4 Å². The molecule has 0 bridgehead atoms. The van der Waals surface area contributed by atoms with E-state index in [0.717, 1.165) is 17.3 Å². The van der Waals surface area contributed by atoms with Gasteiger partial charge in [-0.15, -0.1) is 0 Å². The molecule has 0 saturated heterocycles. The van der Waals surface area contributed by atoms with Gasteiger partial charge in [-0.25, -0.2) is 4.79 Å². The molecule has 1 aliphatic rings. The van der Waals surface area contributed by atoms with Gasteiger partial charge in [-0.05, 0) is 49.3 Å². The summed E-state index contributed by atoms with van der Waals surface area (Å²) in [5, 5.41) is 6.17. The lowest BCUT2D eigenvalue weighted by atomic mass is 9.80. The third-order valence-electron chi connectivity index (χ3n) is 3.91. The van der Waals surface area contributed by atoms with Crippen LogP contribution in [0.15, 0.2) is 24.3 Å². The molecule has 1 aromatic rings. The first-order chi connectivity index (χ1) is 9.04. The van der Waals surface area contributed by atoms with Crippen molar-refractivity contribution in [3.63, 3.8) is 0 Å². The van der Waals surface area contributed by atoms with Crippen molar-refractivity contribution in [2.45, 2.75) is 39.2 Å². The molecule has 0 heterocycles. The molecule has 0 spiro atoms. The minimum absolute atomic E-state index is 0.514. The summed E-state index contributed by atoms with van der Waals surface area (Å²) in [5.74, 6) is 1.51. The zero-order chi connectivity index (χ0) is 13.8. The summed E-state index contributed by atoms with van der Waals surface area (Å²) >= 11 is 0. The second-order valence-corrected chi connectivity index (χ2v) is 5.72. The van der Waals surface area contributed by atoms with Crippen molar-refractivity contribution in [3.05, 3.63) is 24.3 Å². The predicted octanol–water partition coefficient (Wildman–Crippen LogP) is 3.41. The molecular formula is C15H23N3O. The lowest BCUT2D eigenvalue weighted by Crippen LogP contribution is -2.33. The van der Waals surface area contributed by atoms with Gasteiger partial charge in [0.05, 0.1) is 0 Å². The Bertz CT molecular complexity index is 447. The van der Waals surface area contributed by atoms with Crippen molar-refractivity contribution in [2.24, 2.45) is 17.6 Å². The van der Waals surface area contributed by atoms with Crippen LogP contribution in [-0.4, -0.2) is 12.1 Å². The topological polar surface area (TPSA) is 67.2 Å². The second kappa shape index (κ2) is 5.95. The van der Waals surface area contributed by atoms with E-state index in [4.69, 9.17) is 5.73 Å². The molecule has 4 nitrogen and oxygen atoms in total. The summed E-state index contributed by atoms with van der Waals surface area (Å²) in [6.45, 7) is 4.63. The third kappa shape index (κ3) is 3.88. The Morgan fingerprint density at radius 2 is 2.00 bits per heavy atom. The molecule has 2 rings (SSSR count). The lowest BCUT2D eigenvalue weighted by Gasteiger charge is -2.33. The fraction of sp³-hybridized carbons (Fsp3) is 0.533. The number of nitrogens with one attached hydrogen (secondary N) is 2. The van der Waals surface area contributed by atoms with E-state index >= 15 is 0 Å². The number of anilines is 2. The maximum absolute atomic E-state index is 10.8. The van der Waals surface area contributed by atoms with Crippen LogP contribution in [0, 0.1) is 11.8 Å². The van der Waals surface area contributed by atoms with Crippen molar-refractivity contribution < 1.29 is 4.79 Å². The summed E-state index contributed by atoms with van der Waals surface area (Å²) in [6, 6.07) is 7.69. The van der Waals surface area contributed by atoms with Crippen LogP contribution in [0.2, 0.25) is 0 Å². The van der Waals surface area contributed by atoms with E-state index in [0.29, 0.717) is 12.0 Å². The monoisotopic (exact) mass is 261 g/mol. The van der Waals surface area contributed by atoms with Crippen LogP contribution in [0.5, 0.6) is 0 Å². The number of primary amides is 1. The average Bonchev–Trinajstić information content (AvgIpc) is 2.32. The molecule has 3 atom stereocenters. The minimum atomic E-state index is -0.531. The third-order valence-corrected chi connectivity index (χ3v) is 3.91. The molecule has 1 saturated carbocycles. The van der Waals surface area contributed by atoms with Crippen LogP contribution in [0.3, 0.4) is 0 Å². The second-order valence-electron chi connectivity index (χ2n) is 5.72. The predicted molar refractivity (Wildman–Crippen MR) is 79.2 cm³/mol. The Kier molecular flexibility index (Phi) is 4.30. The summed E-state index contributed by atoms with van der Waals surface area (Å²) in [5.41, 5.74) is 6.90. The highest BCUT2D eigenvalue weighted by molar-refractivity contribution is 5.88. The first-order valence-corrected chi connectivity index (χ1v) is 6.97. The van der Waals surface area contributed by atoms with E-state index in [9.17, 15) is 4.79 Å². The Morgan fingerprint density at radius 1 is 1.26 bits per heavy atom. The Balaban J connectivity index is 2.00. The summed E-state index contributed by atoms with van der Waals surface area (Å²) < 4.78 is 0. The number of benzene rings is 1. The van der Waals surface area contributed by atoms with Gasteiger partial charge in [0.15, 0.2) is 0 Å². The summed E-state index contributed by atoms with van der Waals surface area (Å²) in [6.07, 6.45) is 3.76. The number of nitrogens with two attached hydrogens (primary N) is 1. The van der Waals surface area contributed by atoms with E-state index in [2.05, 4.69) is 24.5 Å². The molecular weight excluding hydrogens is 238 g/mol. The first-order valence-electron chi connectivity index (χ1n) is 6.97. The van der Waals surface area contributed by atoms with E-state index < -0.39 is 6.03 Å². The fourth-order valence-corrected chi connectivity index (χ4v) is 2.92. The van der Waals surface area contributed by atoms with Crippen molar-refractivity contribution in [3.8, 4) is 0 Å². The maximum atomic E-state index is 10.8. The fourth-order valence-electron chi connectivity index (χ4n) is 2.92. The number of carbonyl (C=O) groups is 1. The van der Waals surface area contributed by atoms with Gasteiger partial charge >= 0.3 is 6.03 Å². The van der Waals surface area contributed by atoms with Gasteiger partial charge in [-0.3, -0.25) is 0 Å². The highest BCUT2D eigenvalue weighted by atomic mass is 16.2. The SMILES string of the molecule is CC1CCC(Nc2cccc(NC(N)=O)c2)C(C)C1. The van der Waals surface area contributed by atoms with Crippen LogP contribution in [-0.2, 0) is 0 Å². The van der Waals surface area contributed by atoms with E-state index in [1.807, 2.05) is 24.3 Å². The zero-order valence-corrected chi connectivity index (χ0v) is 11.6. The van der Waals surface area contributed by atoms with Crippen molar-refractivity contribution in [2.75, 3.05) is 10.6 Å². The van der Waals surface area contributed by atoms with E-state index in [1.54, 1.807) is 0 Å². The number of urea groups is 1. The van der Waals surface area contributed by atoms with Crippen molar-refractivity contribution in [1.82, 2.24) is 0 Å². The standard InChI is InChI=1S/C15H23N3O/c1-10-6-7-14(11(2)8-10)17-12-4-3-5-13(9-12)18-15(16)19/h3-5,9-11,14,17H,6-8H2,1-2H3,(H3,16,18,19). The van der Waals surface area contributed by atoms with Crippen LogP contribution in [0.25, 0.3) is 0 Å². The number of carbonyl (C=O) groups excluding carboxylic acids is 1. The zero-order valence-electron chi connectivity index (χ0n) is 11.6. The van der Waals surface area contributed by atoms with Crippen molar-refractivity contribution in [1.29, 1.82) is 0 Å². The number of rotatable bonds is 3. The molecule has 1 fully saturated rings. The Labute approximate surface area is 114 Å². The van der Waals surface area contributed by atoms with Gasteiger partial charge in [0, 0.05) is 17.4 Å². The number of hydrogen-bond donors (Lipinski definition) is 3. The van der Waals surface area contributed by atoms with Gasteiger partial charge < -0.3 is 16.4 Å². The van der Waals surface area contributed by atoms with Gasteiger partial charge in [-0.2, -0.15) is 0 Å². The van der Waals surface area contributed by atoms with Crippen LogP contribution in [0.4, 0.5) is 16.2 Å².